The van der Waals surface area contributed by atoms with Crippen molar-refractivity contribution in [2.75, 3.05) is 47.0 Å². The molecule has 16 heavy (non-hydrogen) atoms. The van der Waals surface area contributed by atoms with Crippen LogP contribution in [0.5, 0.6) is 0 Å². The lowest BCUT2D eigenvalue weighted by atomic mass is 9.84. The standard InChI is InChI=1S/C12H26N2O2/c1-4-12(5-6-13-9-12)10-14-7-11(16-3)8-15-2/h11,13-14H,4-10H2,1-3H3. The molecule has 0 aromatic heterocycles. The summed E-state index contributed by atoms with van der Waals surface area (Å²) in [5.74, 6) is 0. The molecule has 1 aliphatic heterocycles. The molecule has 1 heterocycles. The molecule has 1 aliphatic rings. The van der Waals surface area contributed by atoms with Gasteiger partial charge in [-0.25, -0.2) is 0 Å². The Bertz CT molecular complexity index is 182. The largest absolute Gasteiger partial charge is 0.382 e. The van der Waals surface area contributed by atoms with Crippen molar-refractivity contribution >= 4 is 0 Å². The number of nitrogens with one attached hydrogen (secondary N) is 2. The summed E-state index contributed by atoms with van der Waals surface area (Å²) in [7, 11) is 3.44. The van der Waals surface area contributed by atoms with Gasteiger partial charge in [-0.15, -0.1) is 0 Å². The van der Waals surface area contributed by atoms with Crippen molar-refractivity contribution in [1.82, 2.24) is 10.6 Å². The predicted octanol–water partition coefficient (Wildman–Crippen LogP) is 0.627. The molecule has 0 radical (unpaired) electrons. The Hall–Kier alpha value is -0.160. The first-order chi connectivity index (χ1) is 7.76. The van der Waals surface area contributed by atoms with Gasteiger partial charge in [-0.1, -0.05) is 6.92 Å². The van der Waals surface area contributed by atoms with E-state index < -0.39 is 0 Å². The van der Waals surface area contributed by atoms with E-state index in [1.807, 2.05) is 0 Å². The van der Waals surface area contributed by atoms with Crippen molar-refractivity contribution in [3.8, 4) is 0 Å². The maximum Gasteiger partial charge on any atom is 0.0928 e. The van der Waals surface area contributed by atoms with Gasteiger partial charge in [0, 0.05) is 33.9 Å². The van der Waals surface area contributed by atoms with Crippen molar-refractivity contribution in [2.45, 2.75) is 25.9 Å². The number of methoxy groups -OCH3 is 2. The molecule has 4 nitrogen and oxygen atoms in total. The molecular formula is C12H26N2O2. The molecule has 2 unspecified atom stereocenters. The number of hydrogen-bond donors (Lipinski definition) is 2. The topological polar surface area (TPSA) is 42.5 Å². The van der Waals surface area contributed by atoms with Gasteiger partial charge in [-0.05, 0) is 24.8 Å². The molecule has 0 aromatic rings. The van der Waals surface area contributed by atoms with Crippen LogP contribution in [-0.4, -0.2) is 53.1 Å². The smallest absolute Gasteiger partial charge is 0.0928 e. The van der Waals surface area contributed by atoms with Gasteiger partial charge in [0.15, 0.2) is 0 Å². The fourth-order valence-electron chi connectivity index (χ4n) is 2.27. The van der Waals surface area contributed by atoms with Crippen LogP contribution in [-0.2, 0) is 9.47 Å². The van der Waals surface area contributed by atoms with Crippen LogP contribution in [0.1, 0.15) is 19.8 Å². The first-order valence-corrected chi connectivity index (χ1v) is 6.19. The molecule has 96 valence electrons. The minimum atomic E-state index is 0.160. The monoisotopic (exact) mass is 230 g/mol. The number of rotatable bonds is 8. The van der Waals surface area contributed by atoms with Gasteiger partial charge in [-0.2, -0.15) is 0 Å². The fourth-order valence-corrected chi connectivity index (χ4v) is 2.27. The van der Waals surface area contributed by atoms with Crippen LogP contribution in [0.3, 0.4) is 0 Å². The quantitative estimate of drug-likeness (QED) is 0.642. The van der Waals surface area contributed by atoms with Crippen LogP contribution in [0.15, 0.2) is 0 Å². The fraction of sp³-hybridized carbons (Fsp3) is 1.00. The van der Waals surface area contributed by atoms with E-state index in [2.05, 4.69) is 17.6 Å². The van der Waals surface area contributed by atoms with Crippen LogP contribution in [0, 0.1) is 5.41 Å². The van der Waals surface area contributed by atoms with Crippen molar-refractivity contribution in [3.05, 3.63) is 0 Å². The summed E-state index contributed by atoms with van der Waals surface area (Å²) >= 11 is 0. The summed E-state index contributed by atoms with van der Waals surface area (Å²) in [6, 6.07) is 0. The van der Waals surface area contributed by atoms with E-state index in [0.717, 1.165) is 26.2 Å². The van der Waals surface area contributed by atoms with E-state index in [9.17, 15) is 0 Å². The van der Waals surface area contributed by atoms with E-state index in [1.165, 1.54) is 12.8 Å². The van der Waals surface area contributed by atoms with Crippen LogP contribution in [0.2, 0.25) is 0 Å². The summed E-state index contributed by atoms with van der Waals surface area (Å²) in [5, 5.41) is 6.96. The first-order valence-electron chi connectivity index (χ1n) is 6.19. The van der Waals surface area contributed by atoms with Gasteiger partial charge >= 0.3 is 0 Å². The second-order valence-corrected chi connectivity index (χ2v) is 4.72. The Morgan fingerprint density at radius 2 is 2.25 bits per heavy atom. The summed E-state index contributed by atoms with van der Waals surface area (Å²) < 4.78 is 10.4. The number of hydrogen-bond acceptors (Lipinski definition) is 4. The molecule has 1 saturated heterocycles. The van der Waals surface area contributed by atoms with Crippen LogP contribution < -0.4 is 10.6 Å². The van der Waals surface area contributed by atoms with Gasteiger partial charge in [-0.3, -0.25) is 0 Å². The zero-order valence-corrected chi connectivity index (χ0v) is 10.8. The molecule has 1 rings (SSSR count). The minimum absolute atomic E-state index is 0.160. The maximum absolute atomic E-state index is 5.32. The van der Waals surface area contributed by atoms with Crippen molar-refractivity contribution < 1.29 is 9.47 Å². The number of ether oxygens (including phenoxy) is 2. The Labute approximate surface area is 99.1 Å². The third-order valence-corrected chi connectivity index (χ3v) is 3.64. The lowest BCUT2D eigenvalue weighted by Crippen LogP contribution is -2.40. The first kappa shape index (κ1) is 13.9. The van der Waals surface area contributed by atoms with E-state index in [4.69, 9.17) is 9.47 Å². The molecule has 0 spiro atoms. The van der Waals surface area contributed by atoms with Crippen molar-refractivity contribution in [1.29, 1.82) is 0 Å². The average Bonchev–Trinajstić information content (AvgIpc) is 2.77. The molecule has 0 aromatic carbocycles. The highest BCUT2D eigenvalue weighted by atomic mass is 16.5. The van der Waals surface area contributed by atoms with Crippen molar-refractivity contribution in [3.63, 3.8) is 0 Å². The summed E-state index contributed by atoms with van der Waals surface area (Å²) in [5.41, 5.74) is 0.450. The third-order valence-electron chi connectivity index (χ3n) is 3.64. The summed E-state index contributed by atoms with van der Waals surface area (Å²) in [6.07, 6.45) is 2.67. The molecule has 0 aliphatic carbocycles. The molecule has 0 saturated carbocycles. The molecule has 2 atom stereocenters. The van der Waals surface area contributed by atoms with E-state index >= 15 is 0 Å². The van der Waals surface area contributed by atoms with Crippen LogP contribution in [0.4, 0.5) is 0 Å². The maximum atomic E-state index is 5.32. The zero-order valence-electron chi connectivity index (χ0n) is 10.8. The molecule has 1 fully saturated rings. The van der Waals surface area contributed by atoms with Gasteiger partial charge in [0.2, 0.25) is 0 Å². The summed E-state index contributed by atoms with van der Waals surface area (Å²) in [4.78, 5) is 0. The zero-order chi connectivity index (χ0) is 11.9. The van der Waals surface area contributed by atoms with E-state index in [0.29, 0.717) is 12.0 Å². The van der Waals surface area contributed by atoms with Crippen LogP contribution >= 0.6 is 0 Å². The van der Waals surface area contributed by atoms with Gasteiger partial charge in [0.25, 0.3) is 0 Å². The van der Waals surface area contributed by atoms with E-state index in [-0.39, 0.29) is 6.10 Å². The predicted molar refractivity (Wildman–Crippen MR) is 65.8 cm³/mol. The second-order valence-electron chi connectivity index (χ2n) is 4.72. The second kappa shape index (κ2) is 7.22. The minimum Gasteiger partial charge on any atom is -0.382 e. The highest BCUT2D eigenvalue weighted by Gasteiger charge is 2.31. The van der Waals surface area contributed by atoms with Gasteiger partial charge < -0.3 is 20.1 Å². The lowest BCUT2D eigenvalue weighted by molar-refractivity contribution is 0.0274. The van der Waals surface area contributed by atoms with Crippen LogP contribution in [0.25, 0.3) is 0 Å². The molecule has 4 heteroatoms. The van der Waals surface area contributed by atoms with Crippen molar-refractivity contribution in [2.24, 2.45) is 5.41 Å². The average molecular weight is 230 g/mol. The third kappa shape index (κ3) is 4.01. The molecular weight excluding hydrogens is 204 g/mol. The molecule has 0 bridgehead atoms. The molecule has 2 N–H and O–H groups in total. The summed E-state index contributed by atoms with van der Waals surface area (Å²) in [6.45, 7) is 7.16. The van der Waals surface area contributed by atoms with E-state index in [1.54, 1.807) is 14.2 Å². The van der Waals surface area contributed by atoms with Gasteiger partial charge in [0.05, 0.1) is 12.7 Å². The Balaban J connectivity index is 2.22. The normalized spacial score (nSPS) is 27.2. The lowest BCUT2D eigenvalue weighted by Gasteiger charge is -2.28. The SMILES string of the molecule is CCC1(CNCC(COC)OC)CCNC1. The Morgan fingerprint density at radius 1 is 1.44 bits per heavy atom. The van der Waals surface area contributed by atoms with Gasteiger partial charge in [0.1, 0.15) is 0 Å². The highest BCUT2D eigenvalue weighted by molar-refractivity contribution is 4.88. The highest BCUT2D eigenvalue weighted by Crippen LogP contribution is 2.28. The molecule has 0 amide bonds. The Morgan fingerprint density at radius 3 is 2.75 bits per heavy atom. The Kier molecular flexibility index (Phi) is 6.28.